The van der Waals surface area contributed by atoms with E-state index in [1.807, 2.05) is 0 Å². The van der Waals surface area contributed by atoms with Crippen molar-refractivity contribution in [3.05, 3.63) is 22.8 Å². The van der Waals surface area contributed by atoms with Crippen molar-refractivity contribution in [2.45, 2.75) is 13.1 Å². The third-order valence-corrected chi connectivity index (χ3v) is 1.92. The third kappa shape index (κ3) is 3.10. The second-order valence-electron chi connectivity index (χ2n) is 2.93. The highest BCUT2D eigenvalue weighted by Crippen LogP contribution is 2.32. The third-order valence-electron chi connectivity index (χ3n) is 1.73. The maximum atomic E-state index is 12.5. The molecular formula is C9H9ClF3N3. The lowest BCUT2D eigenvalue weighted by molar-refractivity contribution is -0.137. The molecule has 0 saturated carbocycles. The van der Waals surface area contributed by atoms with Gasteiger partial charge >= 0.3 is 6.18 Å². The van der Waals surface area contributed by atoms with E-state index in [-0.39, 0.29) is 11.0 Å². The molecule has 0 unspecified atom stereocenters. The van der Waals surface area contributed by atoms with Crippen LogP contribution >= 0.6 is 11.6 Å². The van der Waals surface area contributed by atoms with Gasteiger partial charge in [-0.15, -0.1) is 0 Å². The molecule has 0 aliphatic rings. The molecule has 16 heavy (non-hydrogen) atoms. The molecule has 0 N–H and O–H groups in total. The predicted molar refractivity (Wildman–Crippen MR) is 56.8 cm³/mol. The summed E-state index contributed by atoms with van der Waals surface area (Å²) in [7, 11) is 1.48. The van der Waals surface area contributed by atoms with Crippen LogP contribution in [0.25, 0.3) is 0 Å². The molecule has 88 valence electrons. The highest BCUT2D eigenvalue weighted by Gasteiger charge is 2.31. The zero-order chi connectivity index (χ0) is 12.3. The second-order valence-corrected chi connectivity index (χ2v) is 3.32. The molecule has 1 aromatic rings. The Kier molecular flexibility index (Phi) is 3.74. The molecule has 0 saturated heterocycles. The molecule has 0 amide bonds. The van der Waals surface area contributed by atoms with Gasteiger partial charge in [0.2, 0.25) is 0 Å². The minimum atomic E-state index is -4.45. The molecule has 0 aromatic carbocycles. The minimum absolute atomic E-state index is 0.0397. The summed E-state index contributed by atoms with van der Waals surface area (Å²) in [6, 6.07) is 1.66. The number of hydrazone groups is 1. The lowest BCUT2D eigenvalue weighted by Gasteiger charge is -2.14. The molecule has 0 aliphatic heterocycles. The molecule has 0 aliphatic carbocycles. The standard InChI is InChI=1S/C9H9ClF3N3/c1-3-14-16(2)8-5-6(9(11,12)13)4-7(10)15-8/h3-5H,1-2H3/b14-3+. The average Bonchev–Trinajstić information content (AvgIpc) is 2.16. The normalized spacial score (nSPS) is 12.1. The lowest BCUT2D eigenvalue weighted by atomic mass is 10.2. The summed E-state index contributed by atoms with van der Waals surface area (Å²) in [6.07, 6.45) is -3.01. The van der Waals surface area contributed by atoms with Gasteiger partial charge in [-0.3, -0.25) is 5.01 Å². The van der Waals surface area contributed by atoms with E-state index >= 15 is 0 Å². The lowest BCUT2D eigenvalue weighted by Crippen LogP contribution is -2.13. The number of hydrogen-bond acceptors (Lipinski definition) is 3. The van der Waals surface area contributed by atoms with Gasteiger partial charge in [0.1, 0.15) is 5.15 Å². The highest BCUT2D eigenvalue weighted by atomic mass is 35.5. The van der Waals surface area contributed by atoms with Crippen LogP contribution in [-0.4, -0.2) is 18.2 Å². The van der Waals surface area contributed by atoms with Gasteiger partial charge in [-0.05, 0) is 19.1 Å². The Bertz CT molecular complexity index is 403. The van der Waals surface area contributed by atoms with Gasteiger partial charge in [0.25, 0.3) is 0 Å². The molecule has 1 heterocycles. The second kappa shape index (κ2) is 4.69. The maximum Gasteiger partial charge on any atom is 0.416 e. The topological polar surface area (TPSA) is 28.5 Å². The molecule has 0 bridgehead atoms. The van der Waals surface area contributed by atoms with E-state index in [2.05, 4.69) is 10.1 Å². The van der Waals surface area contributed by atoms with Gasteiger partial charge in [-0.2, -0.15) is 18.3 Å². The first-order chi connectivity index (χ1) is 7.34. The highest BCUT2D eigenvalue weighted by molar-refractivity contribution is 6.29. The molecule has 0 spiro atoms. The number of anilines is 1. The Labute approximate surface area is 95.5 Å². The fraction of sp³-hybridized carbons (Fsp3) is 0.333. The first-order valence-electron chi connectivity index (χ1n) is 4.31. The summed E-state index contributed by atoms with van der Waals surface area (Å²) in [4.78, 5) is 3.74. The summed E-state index contributed by atoms with van der Waals surface area (Å²) >= 11 is 5.51. The van der Waals surface area contributed by atoms with E-state index in [0.29, 0.717) is 0 Å². The first-order valence-corrected chi connectivity index (χ1v) is 4.69. The first kappa shape index (κ1) is 12.8. The van der Waals surface area contributed by atoms with Crippen molar-refractivity contribution in [2.75, 3.05) is 12.1 Å². The number of rotatable bonds is 2. The Morgan fingerprint density at radius 2 is 2.06 bits per heavy atom. The summed E-state index contributed by atoms with van der Waals surface area (Å²) in [5.41, 5.74) is -0.847. The number of aromatic nitrogens is 1. The van der Waals surface area contributed by atoms with Crippen LogP contribution in [0.3, 0.4) is 0 Å². The minimum Gasteiger partial charge on any atom is -0.251 e. The van der Waals surface area contributed by atoms with Crippen LogP contribution in [0.15, 0.2) is 17.2 Å². The monoisotopic (exact) mass is 251 g/mol. The van der Waals surface area contributed by atoms with Crippen LogP contribution < -0.4 is 5.01 Å². The SMILES string of the molecule is C/C=N/N(C)c1cc(C(F)(F)F)cc(Cl)n1. The van der Waals surface area contributed by atoms with Crippen molar-refractivity contribution >= 4 is 23.6 Å². The smallest absolute Gasteiger partial charge is 0.251 e. The molecule has 1 aromatic heterocycles. The van der Waals surface area contributed by atoms with Crippen LogP contribution in [0.4, 0.5) is 19.0 Å². The zero-order valence-corrected chi connectivity index (χ0v) is 9.34. The van der Waals surface area contributed by atoms with E-state index in [1.54, 1.807) is 6.92 Å². The molecule has 0 radical (unpaired) electrons. The van der Waals surface area contributed by atoms with Crippen LogP contribution in [0, 0.1) is 0 Å². The van der Waals surface area contributed by atoms with E-state index < -0.39 is 11.7 Å². The number of halogens is 4. The van der Waals surface area contributed by atoms with Crippen molar-refractivity contribution in [3.63, 3.8) is 0 Å². The Balaban J connectivity index is 3.18. The Morgan fingerprint density at radius 1 is 1.44 bits per heavy atom. The molecule has 1 rings (SSSR count). The molecular weight excluding hydrogens is 243 g/mol. The number of hydrogen-bond donors (Lipinski definition) is 0. The van der Waals surface area contributed by atoms with Gasteiger partial charge < -0.3 is 0 Å². The van der Waals surface area contributed by atoms with Gasteiger partial charge in [-0.25, -0.2) is 4.98 Å². The van der Waals surface area contributed by atoms with Crippen LogP contribution in [0.5, 0.6) is 0 Å². The van der Waals surface area contributed by atoms with Gasteiger partial charge in [0.05, 0.1) is 5.56 Å². The van der Waals surface area contributed by atoms with Gasteiger partial charge in [0, 0.05) is 13.3 Å². The molecule has 7 heteroatoms. The maximum absolute atomic E-state index is 12.5. The zero-order valence-electron chi connectivity index (χ0n) is 8.59. The van der Waals surface area contributed by atoms with Crippen LogP contribution in [0.1, 0.15) is 12.5 Å². The number of pyridine rings is 1. The predicted octanol–water partition coefficient (Wildman–Crippen LogP) is 3.20. The van der Waals surface area contributed by atoms with Crippen molar-refractivity contribution < 1.29 is 13.2 Å². The summed E-state index contributed by atoms with van der Waals surface area (Å²) in [5, 5.41) is 4.77. The van der Waals surface area contributed by atoms with Crippen molar-refractivity contribution in [2.24, 2.45) is 5.10 Å². The Morgan fingerprint density at radius 3 is 2.56 bits per heavy atom. The van der Waals surface area contributed by atoms with E-state index in [1.165, 1.54) is 18.3 Å². The van der Waals surface area contributed by atoms with E-state index in [0.717, 1.165) is 12.1 Å². The van der Waals surface area contributed by atoms with E-state index in [9.17, 15) is 13.2 Å². The quantitative estimate of drug-likeness (QED) is 0.459. The van der Waals surface area contributed by atoms with Crippen molar-refractivity contribution in [3.8, 4) is 0 Å². The fourth-order valence-corrected chi connectivity index (χ4v) is 1.25. The summed E-state index contributed by atoms with van der Waals surface area (Å²) in [6.45, 7) is 1.64. The van der Waals surface area contributed by atoms with Crippen LogP contribution in [-0.2, 0) is 6.18 Å². The van der Waals surface area contributed by atoms with Gasteiger partial charge in [0.15, 0.2) is 5.82 Å². The number of alkyl halides is 3. The van der Waals surface area contributed by atoms with Crippen LogP contribution in [0.2, 0.25) is 5.15 Å². The molecule has 0 atom stereocenters. The van der Waals surface area contributed by atoms with Gasteiger partial charge in [-0.1, -0.05) is 11.6 Å². The average molecular weight is 252 g/mol. The number of nitrogens with zero attached hydrogens (tertiary/aromatic N) is 3. The summed E-state index contributed by atoms with van der Waals surface area (Å²) < 4.78 is 37.4. The molecule has 0 fully saturated rings. The van der Waals surface area contributed by atoms with Crippen molar-refractivity contribution in [1.82, 2.24) is 4.98 Å². The van der Waals surface area contributed by atoms with Crippen molar-refractivity contribution in [1.29, 1.82) is 0 Å². The summed E-state index contributed by atoms with van der Waals surface area (Å²) in [5.74, 6) is 0.0397. The largest absolute Gasteiger partial charge is 0.416 e. The molecule has 3 nitrogen and oxygen atoms in total. The fourth-order valence-electron chi connectivity index (χ4n) is 1.04. The van der Waals surface area contributed by atoms with E-state index in [4.69, 9.17) is 11.6 Å². The Hall–Kier alpha value is -1.30.